The average molecular weight is 552 g/mol. The molecule has 0 aliphatic rings. The van der Waals surface area contributed by atoms with E-state index in [4.69, 9.17) is 9.47 Å². The van der Waals surface area contributed by atoms with Crippen molar-refractivity contribution in [3.63, 3.8) is 0 Å². The molecule has 5 aromatic rings. The van der Waals surface area contributed by atoms with Crippen LogP contribution in [0.25, 0.3) is 17.1 Å². The van der Waals surface area contributed by atoms with Crippen LogP contribution in [0.15, 0.2) is 102 Å². The molecule has 3 aromatic carbocycles. The van der Waals surface area contributed by atoms with Gasteiger partial charge in [0.1, 0.15) is 16.7 Å². The molecule has 1 N–H and O–H groups in total. The fourth-order valence-electron chi connectivity index (χ4n) is 4.24. The van der Waals surface area contributed by atoms with Gasteiger partial charge in [-0.05, 0) is 73.5 Å². The predicted molar refractivity (Wildman–Crippen MR) is 157 cm³/mol. The number of thioether (sulfide) groups is 1. The lowest BCUT2D eigenvalue weighted by Gasteiger charge is -2.19. The Kier molecular flexibility index (Phi) is 8.41. The number of carbonyl (C=O) groups excluding carboxylic acids is 1. The first-order valence-corrected chi connectivity index (χ1v) is 13.7. The highest BCUT2D eigenvalue weighted by molar-refractivity contribution is 8.00. The standard InChI is InChI=1S/C31H29N5O3S/c1-4-39-25-15-13-24(14-16-25)36-29(23-11-8-18-32-20-23)34-35-31(36)40-28(22-9-6-5-7-10-22)30(37)33-26-19-21(2)12-17-27(26)38-3/h5-20,28H,4H2,1-3H3,(H,33,37). The zero-order valence-electron chi connectivity index (χ0n) is 22.4. The van der Waals surface area contributed by atoms with Gasteiger partial charge in [0.2, 0.25) is 5.91 Å². The number of nitrogens with one attached hydrogen (secondary N) is 1. The number of nitrogens with zero attached hydrogens (tertiary/aromatic N) is 4. The molecule has 0 bridgehead atoms. The number of rotatable bonds is 10. The molecule has 1 unspecified atom stereocenters. The van der Waals surface area contributed by atoms with Gasteiger partial charge in [-0.25, -0.2) is 0 Å². The largest absolute Gasteiger partial charge is 0.495 e. The molecule has 5 rings (SSSR count). The second-order valence-corrected chi connectivity index (χ2v) is 9.98. The minimum atomic E-state index is -0.626. The first-order valence-electron chi connectivity index (χ1n) is 12.8. The number of amides is 1. The van der Waals surface area contributed by atoms with Gasteiger partial charge in [-0.2, -0.15) is 0 Å². The molecule has 2 aromatic heterocycles. The van der Waals surface area contributed by atoms with E-state index in [-0.39, 0.29) is 5.91 Å². The summed E-state index contributed by atoms with van der Waals surface area (Å²) in [7, 11) is 1.59. The van der Waals surface area contributed by atoms with Crippen molar-refractivity contribution in [1.82, 2.24) is 19.7 Å². The molecule has 9 heteroatoms. The molecule has 0 saturated carbocycles. The maximum Gasteiger partial charge on any atom is 0.242 e. The summed E-state index contributed by atoms with van der Waals surface area (Å²) in [5.41, 5.74) is 4.10. The van der Waals surface area contributed by atoms with E-state index >= 15 is 0 Å². The Morgan fingerprint density at radius 1 is 1.00 bits per heavy atom. The van der Waals surface area contributed by atoms with Crippen molar-refractivity contribution in [2.75, 3.05) is 19.0 Å². The first-order chi connectivity index (χ1) is 19.6. The molecule has 202 valence electrons. The highest BCUT2D eigenvalue weighted by atomic mass is 32.2. The van der Waals surface area contributed by atoms with E-state index < -0.39 is 5.25 Å². The normalized spacial score (nSPS) is 11.6. The summed E-state index contributed by atoms with van der Waals surface area (Å²) in [5, 5.41) is 12.1. The number of methoxy groups -OCH3 is 1. The smallest absolute Gasteiger partial charge is 0.242 e. The number of carbonyl (C=O) groups is 1. The number of anilines is 1. The van der Waals surface area contributed by atoms with E-state index in [0.717, 1.165) is 28.1 Å². The van der Waals surface area contributed by atoms with Crippen molar-refractivity contribution in [2.24, 2.45) is 0 Å². The monoisotopic (exact) mass is 551 g/mol. The number of aryl methyl sites for hydroxylation is 1. The van der Waals surface area contributed by atoms with Crippen LogP contribution in [0.2, 0.25) is 0 Å². The molecule has 1 amide bonds. The highest BCUT2D eigenvalue weighted by Crippen LogP contribution is 2.39. The summed E-state index contributed by atoms with van der Waals surface area (Å²) in [6.45, 7) is 4.50. The van der Waals surface area contributed by atoms with E-state index in [2.05, 4.69) is 20.5 Å². The Bertz CT molecular complexity index is 1570. The van der Waals surface area contributed by atoms with Gasteiger partial charge in [-0.1, -0.05) is 48.2 Å². The average Bonchev–Trinajstić information content (AvgIpc) is 3.41. The third-order valence-electron chi connectivity index (χ3n) is 6.14. The van der Waals surface area contributed by atoms with Gasteiger partial charge >= 0.3 is 0 Å². The molecular formula is C31H29N5O3S. The van der Waals surface area contributed by atoms with Gasteiger partial charge in [0.25, 0.3) is 0 Å². The van der Waals surface area contributed by atoms with Crippen LogP contribution in [0.4, 0.5) is 5.69 Å². The van der Waals surface area contributed by atoms with E-state index in [9.17, 15) is 4.79 Å². The Balaban J connectivity index is 1.56. The molecule has 8 nitrogen and oxygen atoms in total. The zero-order chi connectivity index (χ0) is 27.9. The van der Waals surface area contributed by atoms with Crippen LogP contribution in [0.3, 0.4) is 0 Å². The van der Waals surface area contributed by atoms with Crippen LogP contribution in [0.5, 0.6) is 11.5 Å². The number of benzene rings is 3. The summed E-state index contributed by atoms with van der Waals surface area (Å²) in [4.78, 5) is 18.1. The van der Waals surface area contributed by atoms with Gasteiger partial charge in [0.15, 0.2) is 11.0 Å². The molecule has 40 heavy (non-hydrogen) atoms. The maximum absolute atomic E-state index is 13.9. The Morgan fingerprint density at radius 3 is 2.50 bits per heavy atom. The summed E-state index contributed by atoms with van der Waals surface area (Å²) in [6, 6.07) is 26.8. The van der Waals surface area contributed by atoms with Gasteiger partial charge in [-0.3, -0.25) is 14.3 Å². The lowest BCUT2D eigenvalue weighted by atomic mass is 10.1. The minimum Gasteiger partial charge on any atom is -0.495 e. The molecule has 0 aliphatic heterocycles. The lowest BCUT2D eigenvalue weighted by molar-refractivity contribution is -0.115. The lowest BCUT2D eigenvalue weighted by Crippen LogP contribution is -2.20. The van der Waals surface area contributed by atoms with Crippen molar-refractivity contribution in [2.45, 2.75) is 24.3 Å². The Morgan fingerprint density at radius 2 is 1.80 bits per heavy atom. The Hall–Kier alpha value is -4.63. The minimum absolute atomic E-state index is 0.204. The third kappa shape index (κ3) is 6.00. The number of hydrogen-bond donors (Lipinski definition) is 1. The zero-order valence-corrected chi connectivity index (χ0v) is 23.3. The van der Waals surface area contributed by atoms with Crippen LogP contribution in [0.1, 0.15) is 23.3 Å². The van der Waals surface area contributed by atoms with Gasteiger partial charge < -0.3 is 14.8 Å². The van der Waals surface area contributed by atoms with Crippen molar-refractivity contribution in [1.29, 1.82) is 0 Å². The number of hydrogen-bond acceptors (Lipinski definition) is 7. The molecule has 0 saturated heterocycles. The number of ether oxygens (including phenoxy) is 2. The molecule has 0 radical (unpaired) electrons. The van der Waals surface area contributed by atoms with Crippen molar-refractivity contribution in [3.05, 3.63) is 108 Å². The third-order valence-corrected chi connectivity index (χ3v) is 7.33. The van der Waals surface area contributed by atoms with Crippen molar-refractivity contribution < 1.29 is 14.3 Å². The van der Waals surface area contributed by atoms with Crippen LogP contribution < -0.4 is 14.8 Å². The van der Waals surface area contributed by atoms with Gasteiger partial charge in [0.05, 0.1) is 19.4 Å². The van der Waals surface area contributed by atoms with Crippen LogP contribution >= 0.6 is 11.8 Å². The van der Waals surface area contributed by atoms with Crippen molar-refractivity contribution >= 4 is 23.4 Å². The first kappa shape index (κ1) is 27.0. The maximum atomic E-state index is 13.9. The predicted octanol–water partition coefficient (Wildman–Crippen LogP) is 6.52. The molecule has 2 heterocycles. The quantitative estimate of drug-likeness (QED) is 0.198. The molecule has 0 fully saturated rings. The molecule has 0 aliphatic carbocycles. The number of aromatic nitrogens is 4. The van der Waals surface area contributed by atoms with Crippen molar-refractivity contribution in [3.8, 4) is 28.6 Å². The topological polar surface area (TPSA) is 91.2 Å². The summed E-state index contributed by atoms with van der Waals surface area (Å²) in [5.74, 6) is 1.77. The fourth-order valence-corrected chi connectivity index (χ4v) is 5.30. The van der Waals surface area contributed by atoms with Gasteiger partial charge in [-0.15, -0.1) is 10.2 Å². The van der Waals surface area contributed by atoms with E-state index in [1.54, 1.807) is 19.5 Å². The fraction of sp³-hybridized carbons (Fsp3) is 0.161. The highest BCUT2D eigenvalue weighted by Gasteiger charge is 2.27. The Labute approximate surface area is 237 Å². The van der Waals surface area contributed by atoms with Crippen LogP contribution in [-0.4, -0.2) is 39.4 Å². The van der Waals surface area contributed by atoms with Crippen LogP contribution in [-0.2, 0) is 4.79 Å². The van der Waals surface area contributed by atoms with Crippen LogP contribution in [0, 0.1) is 6.92 Å². The SMILES string of the molecule is CCOc1ccc(-n2c(SC(C(=O)Nc3cc(C)ccc3OC)c3ccccc3)nnc2-c2cccnc2)cc1. The second-order valence-electron chi connectivity index (χ2n) is 8.91. The number of pyridine rings is 1. The van der Waals surface area contributed by atoms with Gasteiger partial charge in [0, 0.05) is 23.6 Å². The molecule has 1 atom stereocenters. The summed E-state index contributed by atoms with van der Waals surface area (Å²) in [6.07, 6.45) is 3.46. The van der Waals surface area contributed by atoms with E-state index in [1.165, 1.54) is 11.8 Å². The summed E-state index contributed by atoms with van der Waals surface area (Å²) < 4.78 is 13.1. The summed E-state index contributed by atoms with van der Waals surface area (Å²) >= 11 is 1.32. The second kappa shape index (κ2) is 12.5. The van der Waals surface area contributed by atoms with E-state index in [0.29, 0.717) is 29.0 Å². The molecular weight excluding hydrogens is 522 g/mol. The molecule has 0 spiro atoms. The van der Waals surface area contributed by atoms with E-state index in [1.807, 2.05) is 103 Å².